The molecule has 0 aromatic heterocycles. The standard InChI is InChI=1S/C21H31FO2/c1-19-9-7-14(24-4)11-13(19)5-6-15-16-8-10-21(3,23)20(16,2)12-17(22)18(15)19/h5,11,15-18,23H,6-10,12H2,1-4H3/t15-,16-,17-,18+,19-,20-,21-/m0/s1. The molecule has 0 saturated heterocycles. The highest BCUT2D eigenvalue weighted by Gasteiger charge is 2.64. The van der Waals surface area contributed by atoms with Crippen LogP contribution >= 0.6 is 0 Å². The summed E-state index contributed by atoms with van der Waals surface area (Å²) in [6.07, 6.45) is 8.85. The van der Waals surface area contributed by atoms with Gasteiger partial charge in [-0.15, -0.1) is 0 Å². The lowest BCUT2D eigenvalue weighted by Gasteiger charge is -2.58. The molecule has 0 aromatic carbocycles. The predicted molar refractivity (Wildman–Crippen MR) is 93.1 cm³/mol. The molecule has 7 atom stereocenters. The second-order valence-corrected chi connectivity index (χ2v) is 9.37. The Morgan fingerprint density at radius 3 is 2.71 bits per heavy atom. The van der Waals surface area contributed by atoms with Crippen LogP contribution in [0.4, 0.5) is 4.39 Å². The van der Waals surface area contributed by atoms with Crippen LogP contribution in [0, 0.1) is 28.6 Å². The van der Waals surface area contributed by atoms with E-state index in [4.69, 9.17) is 4.74 Å². The average Bonchev–Trinajstić information content (AvgIpc) is 2.76. The normalized spacial score (nSPS) is 53.4. The lowest BCUT2D eigenvalue weighted by Crippen LogP contribution is -2.57. The Bertz CT molecular complexity index is 607. The number of rotatable bonds is 1. The second kappa shape index (κ2) is 5.09. The van der Waals surface area contributed by atoms with E-state index < -0.39 is 11.8 Å². The molecule has 4 aliphatic carbocycles. The van der Waals surface area contributed by atoms with E-state index in [0.29, 0.717) is 18.3 Å². The van der Waals surface area contributed by atoms with Crippen molar-refractivity contribution in [2.45, 2.75) is 71.1 Å². The van der Waals surface area contributed by atoms with Crippen LogP contribution in [-0.4, -0.2) is 24.0 Å². The van der Waals surface area contributed by atoms with Gasteiger partial charge >= 0.3 is 0 Å². The van der Waals surface area contributed by atoms with Gasteiger partial charge in [-0.3, -0.25) is 0 Å². The van der Waals surface area contributed by atoms with E-state index >= 15 is 4.39 Å². The Labute approximate surface area is 145 Å². The third-order valence-corrected chi connectivity index (χ3v) is 8.45. The molecule has 24 heavy (non-hydrogen) atoms. The molecule has 3 heteroatoms. The van der Waals surface area contributed by atoms with Crippen molar-refractivity contribution in [3.05, 3.63) is 23.5 Å². The quantitative estimate of drug-likeness (QED) is 0.747. The van der Waals surface area contributed by atoms with Crippen LogP contribution in [0.25, 0.3) is 0 Å². The highest BCUT2D eigenvalue weighted by atomic mass is 19.1. The Balaban J connectivity index is 1.75. The van der Waals surface area contributed by atoms with Crippen LogP contribution in [0.3, 0.4) is 0 Å². The number of fused-ring (bicyclic) bond motifs is 5. The molecule has 2 nitrogen and oxygen atoms in total. The molecular formula is C21H31FO2. The summed E-state index contributed by atoms with van der Waals surface area (Å²) in [6, 6.07) is 0. The number of alkyl halides is 1. The van der Waals surface area contributed by atoms with Crippen molar-refractivity contribution in [1.29, 1.82) is 0 Å². The summed E-state index contributed by atoms with van der Waals surface area (Å²) < 4.78 is 21.0. The van der Waals surface area contributed by atoms with E-state index in [1.54, 1.807) is 7.11 Å². The molecule has 0 aromatic rings. The van der Waals surface area contributed by atoms with Crippen molar-refractivity contribution in [3.8, 4) is 0 Å². The van der Waals surface area contributed by atoms with Crippen LogP contribution in [0.15, 0.2) is 23.5 Å². The summed E-state index contributed by atoms with van der Waals surface area (Å²) in [4.78, 5) is 0. The summed E-state index contributed by atoms with van der Waals surface area (Å²) in [5.41, 5.74) is 0.188. The number of allylic oxidation sites excluding steroid dienone is 4. The first-order valence-corrected chi connectivity index (χ1v) is 9.54. The molecule has 134 valence electrons. The molecule has 2 saturated carbocycles. The summed E-state index contributed by atoms with van der Waals surface area (Å²) in [6.45, 7) is 6.33. The molecule has 0 aliphatic heterocycles. The Kier molecular flexibility index (Phi) is 3.53. The predicted octanol–water partition coefficient (Wildman–Crippen LogP) is 4.79. The van der Waals surface area contributed by atoms with Crippen molar-refractivity contribution >= 4 is 0 Å². The van der Waals surface area contributed by atoms with E-state index in [-0.39, 0.29) is 16.7 Å². The van der Waals surface area contributed by atoms with Crippen molar-refractivity contribution in [2.24, 2.45) is 28.6 Å². The van der Waals surface area contributed by atoms with Gasteiger partial charge < -0.3 is 9.84 Å². The van der Waals surface area contributed by atoms with Crippen LogP contribution in [-0.2, 0) is 4.74 Å². The molecule has 0 radical (unpaired) electrons. The molecule has 2 fully saturated rings. The van der Waals surface area contributed by atoms with E-state index in [0.717, 1.165) is 37.9 Å². The molecule has 0 bridgehead atoms. The topological polar surface area (TPSA) is 29.5 Å². The van der Waals surface area contributed by atoms with Crippen LogP contribution in [0.5, 0.6) is 0 Å². The van der Waals surface area contributed by atoms with Gasteiger partial charge in [-0.25, -0.2) is 4.39 Å². The Hall–Kier alpha value is -0.830. The summed E-state index contributed by atoms with van der Waals surface area (Å²) in [7, 11) is 1.73. The minimum absolute atomic E-state index is 0.0825. The first-order chi connectivity index (χ1) is 11.2. The number of hydrogen-bond acceptors (Lipinski definition) is 2. The van der Waals surface area contributed by atoms with Crippen molar-refractivity contribution in [2.75, 3.05) is 7.11 Å². The van der Waals surface area contributed by atoms with Crippen LogP contribution in [0.2, 0.25) is 0 Å². The van der Waals surface area contributed by atoms with Crippen LogP contribution in [0.1, 0.15) is 59.3 Å². The second-order valence-electron chi connectivity index (χ2n) is 9.37. The maximum absolute atomic E-state index is 15.6. The monoisotopic (exact) mass is 334 g/mol. The third-order valence-electron chi connectivity index (χ3n) is 8.45. The van der Waals surface area contributed by atoms with Crippen molar-refractivity contribution < 1.29 is 14.2 Å². The molecular weight excluding hydrogens is 303 g/mol. The van der Waals surface area contributed by atoms with Crippen molar-refractivity contribution in [3.63, 3.8) is 0 Å². The van der Waals surface area contributed by atoms with Crippen molar-refractivity contribution in [1.82, 2.24) is 0 Å². The van der Waals surface area contributed by atoms with Crippen LogP contribution < -0.4 is 0 Å². The molecule has 4 rings (SSSR count). The zero-order valence-corrected chi connectivity index (χ0v) is 15.4. The number of halogens is 1. The number of hydrogen-bond donors (Lipinski definition) is 1. The van der Waals surface area contributed by atoms with Gasteiger partial charge in [0, 0.05) is 17.8 Å². The van der Waals surface area contributed by atoms with Gasteiger partial charge in [0.05, 0.1) is 18.5 Å². The fourth-order valence-corrected chi connectivity index (χ4v) is 6.74. The minimum atomic E-state index is -0.827. The Morgan fingerprint density at radius 1 is 1.25 bits per heavy atom. The molecule has 0 spiro atoms. The largest absolute Gasteiger partial charge is 0.501 e. The first-order valence-electron chi connectivity index (χ1n) is 9.54. The van der Waals surface area contributed by atoms with E-state index in [2.05, 4.69) is 26.0 Å². The van der Waals surface area contributed by atoms with Gasteiger partial charge in [0.1, 0.15) is 6.17 Å². The zero-order chi connectivity index (χ0) is 17.3. The Morgan fingerprint density at radius 2 is 2.00 bits per heavy atom. The maximum atomic E-state index is 15.6. The molecule has 4 aliphatic rings. The van der Waals surface area contributed by atoms with E-state index in [9.17, 15) is 5.11 Å². The fraction of sp³-hybridized carbons (Fsp3) is 0.810. The highest BCUT2D eigenvalue weighted by molar-refractivity contribution is 5.36. The molecule has 0 unspecified atom stereocenters. The third kappa shape index (κ3) is 1.97. The van der Waals surface area contributed by atoms with Gasteiger partial charge in [0.25, 0.3) is 0 Å². The minimum Gasteiger partial charge on any atom is -0.501 e. The van der Waals surface area contributed by atoms with Gasteiger partial charge in [-0.1, -0.05) is 19.9 Å². The number of ether oxygens (including phenoxy) is 1. The molecule has 1 N–H and O–H groups in total. The number of aliphatic hydroxyl groups is 1. The number of methoxy groups -OCH3 is 1. The zero-order valence-electron chi connectivity index (χ0n) is 15.4. The van der Waals surface area contributed by atoms with E-state index in [1.807, 2.05) is 6.92 Å². The van der Waals surface area contributed by atoms with E-state index in [1.165, 1.54) is 5.57 Å². The van der Waals surface area contributed by atoms with Gasteiger partial charge in [0.15, 0.2) is 0 Å². The average molecular weight is 334 g/mol. The highest BCUT2D eigenvalue weighted by Crippen LogP contribution is 2.67. The summed E-state index contributed by atoms with van der Waals surface area (Å²) in [5, 5.41) is 10.9. The summed E-state index contributed by atoms with van der Waals surface area (Å²) >= 11 is 0. The maximum Gasteiger partial charge on any atom is 0.105 e. The SMILES string of the molecule is COC1=CC2=CC[C@@H]3[C@H]([C@@H](F)C[C@@]4(C)[C@H]3CC[C@]4(C)O)[C@@]2(C)CC1. The molecule has 0 amide bonds. The lowest BCUT2D eigenvalue weighted by atomic mass is 9.47. The van der Waals surface area contributed by atoms with Gasteiger partial charge in [-0.05, 0) is 67.9 Å². The lowest BCUT2D eigenvalue weighted by molar-refractivity contribution is -0.140. The first kappa shape index (κ1) is 16.6. The molecule has 0 heterocycles. The van der Waals surface area contributed by atoms with Gasteiger partial charge in [-0.2, -0.15) is 0 Å². The van der Waals surface area contributed by atoms with Gasteiger partial charge in [0.2, 0.25) is 0 Å². The summed E-state index contributed by atoms with van der Waals surface area (Å²) in [5.74, 6) is 1.90. The smallest absolute Gasteiger partial charge is 0.105 e. The fourth-order valence-electron chi connectivity index (χ4n) is 6.74.